The van der Waals surface area contributed by atoms with Gasteiger partial charge in [-0.3, -0.25) is 0 Å². The highest BCUT2D eigenvalue weighted by atomic mass is 15.0. The lowest BCUT2D eigenvalue weighted by Gasteiger charge is -2.13. The smallest absolute Gasteiger partial charge is 0.0991 e. The first-order chi connectivity index (χ1) is 26.2. The number of nitriles is 1. The van der Waals surface area contributed by atoms with Crippen molar-refractivity contribution in [3.05, 3.63) is 188 Å². The van der Waals surface area contributed by atoms with E-state index in [2.05, 4.69) is 184 Å². The molecule has 4 nitrogen and oxygen atoms in total. The summed E-state index contributed by atoms with van der Waals surface area (Å²) in [6.45, 7) is 0. The molecule has 0 fully saturated rings. The largest absolute Gasteiger partial charge is 0.309 e. The van der Waals surface area contributed by atoms with Crippen LogP contribution in [0.15, 0.2) is 182 Å². The molecule has 0 N–H and O–H groups in total. The molecule has 246 valence electrons. The van der Waals surface area contributed by atoms with E-state index >= 15 is 0 Å². The fourth-order valence-corrected chi connectivity index (χ4v) is 8.53. The summed E-state index contributed by atoms with van der Waals surface area (Å²) in [6, 6.07) is 67.3. The minimum Gasteiger partial charge on any atom is -0.309 e. The number of hydrogen-bond acceptors (Lipinski definition) is 1. The second-order valence-electron chi connectivity index (χ2n) is 13.7. The van der Waals surface area contributed by atoms with Gasteiger partial charge in [0.1, 0.15) is 0 Å². The van der Waals surface area contributed by atoms with Crippen molar-refractivity contribution in [1.29, 1.82) is 5.26 Å². The second-order valence-corrected chi connectivity index (χ2v) is 13.7. The first kappa shape index (κ1) is 29.4. The minimum atomic E-state index is 0.658. The Balaban J connectivity index is 1.14. The van der Waals surface area contributed by atoms with E-state index < -0.39 is 0 Å². The van der Waals surface area contributed by atoms with E-state index in [1.807, 2.05) is 18.2 Å². The monoisotopic (exact) mass is 674 g/mol. The van der Waals surface area contributed by atoms with Gasteiger partial charge in [0.15, 0.2) is 0 Å². The molecule has 11 rings (SSSR count). The van der Waals surface area contributed by atoms with Crippen molar-refractivity contribution in [1.82, 2.24) is 13.7 Å². The third kappa shape index (κ3) is 4.35. The lowest BCUT2D eigenvalue weighted by atomic mass is 10.0. The van der Waals surface area contributed by atoms with Crippen LogP contribution >= 0.6 is 0 Å². The third-order valence-electron chi connectivity index (χ3n) is 10.8. The Kier molecular flexibility index (Phi) is 6.28. The Morgan fingerprint density at radius 2 is 0.736 bits per heavy atom. The molecule has 8 aromatic carbocycles. The van der Waals surface area contributed by atoms with Crippen LogP contribution < -0.4 is 0 Å². The Bertz CT molecular complexity index is 3240. The van der Waals surface area contributed by atoms with Crippen molar-refractivity contribution < 1.29 is 0 Å². The topological polar surface area (TPSA) is 38.6 Å². The van der Waals surface area contributed by atoms with Gasteiger partial charge in [0.25, 0.3) is 0 Å². The highest BCUT2D eigenvalue weighted by Gasteiger charge is 2.19. The molecular formula is C49H30N4. The van der Waals surface area contributed by atoms with Crippen molar-refractivity contribution in [3.63, 3.8) is 0 Å². The third-order valence-corrected chi connectivity index (χ3v) is 10.8. The Hall–Kier alpha value is -7.35. The molecule has 0 amide bonds. The fourth-order valence-electron chi connectivity index (χ4n) is 8.53. The summed E-state index contributed by atoms with van der Waals surface area (Å²) in [7, 11) is 0. The van der Waals surface area contributed by atoms with E-state index in [1.54, 1.807) is 0 Å². The molecule has 0 atom stereocenters. The van der Waals surface area contributed by atoms with E-state index in [9.17, 15) is 5.26 Å². The number of fused-ring (bicyclic) bond motifs is 9. The summed E-state index contributed by atoms with van der Waals surface area (Å²) in [6.07, 6.45) is 0. The summed E-state index contributed by atoms with van der Waals surface area (Å²) in [5.41, 5.74) is 13.2. The van der Waals surface area contributed by atoms with Crippen LogP contribution in [0.5, 0.6) is 0 Å². The van der Waals surface area contributed by atoms with Gasteiger partial charge in [-0.05, 0) is 96.1 Å². The van der Waals surface area contributed by atoms with E-state index in [4.69, 9.17) is 0 Å². The maximum absolute atomic E-state index is 9.83. The van der Waals surface area contributed by atoms with Crippen molar-refractivity contribution in [2.24, 2.45) is 0 Å². The fraction of sp³-hybridized carbons (Fsp3) is 0. The maximum Gasteiger partial charge on any atom is 0.0991 e. The summed E-state index contributed by atoms with van der Waals surface area (Å²) >= 11 is 0. The molecule has 0 aliphatic heterocycles. The minimum absolute atomic E-state index is 0.658. The van der Waals surface area contributed by atoms with Crippen molar-refractivity contribution in [2.45, 2.75) is 0 Å². The number of benzene rings is 8. The van der Waals surface area contributed by atoms with Gasteiger partial charge in [-0.25, -0.2) is 0 Å². The van der Waals surface area contributed by atoms with Crippen molar-refractivity contribution in [2.75, 3.05) is 0 Å². The predicted molar refractivity (Wildman–Crippen MR) is 220 cm³/mol. The molecule has 3 heterocycles. The lowest BCUT2D eigenvalue weighted by Crippen LogP contribution is -1.97. The van der Waals surface area contributed by atoms with Crippen LogP contribution in [-0.2, 0) is 0 Å². The van der Waals surface area contributed by atoms with E-state index in [0.29, 0.717) is 5.56 Å². The standard InChI is InChI=1S/C49H30N4/c50-31-32-24-25-47-41(26-32)43-29-42-40-20-6-9-23-46(40)53(48(42)30-49(43)51(47)35-14-2-1-3-15-35)37-17-11-13-34(28-37)33-12-10-16-36(27-33)52-44-21-7-4-18-38(44)39-19-5-8-22-45(39)52/h1-30H. The molecule has 11 aromatic rings. The van der Waals surface area contributed by atoms with Crippen LogP contribution in [0.2, 0.25) is 0 Å². The van der Waals surface area contributed by atoms with Gasteiger partial charge in [-0.1, -0.05) is 97.1 Å². The summed E-state index contributed by atoms with van der Waals surface area (Å²) in [4.78, 5) is 0. The van der Waals surface area contributed by atoms with Crippen LogP contribution in [0, 0.1) is 11.3 Å². The van der Waals surface area contributed by atoms with Crippen LogP contribution in [0.3, 0.4) is 0 Å². The quantitative estimate of drug-likeness (QED) is 0.183. The van der Waals surface area contributed by atoms with Crippen LogP contribution in [-0.4, -0.2) is 13.7 Å². The lowest BCUT2D eigenvalue weighted by molar-refractivity contribution is 1.16. The summed E-state index contributed by atoms with van der Waals surface area (Å²) < 4.78 is 7.10. The molecule has 0 saturated heterocycles. The van der Waals surface area contributed by atoms with Crippen LogP contribution in [0.4, 0.5) is 0 Å². The Labute approximate surface area is 305 Å². The number of hydrogen-bond donors (Lipinski definition) is 0. The first-order valence-electron chi connectivity index (χ1n) is 17.9. The maximum atomic E-state index is 9.83. The Morgan fingerprint density at radius 1 is 0.302 bits per heavy atom. The number of rotatable bonds is 4. The molecule has 0 spiro atoms. The molecule has 0 saturated carbocycles. The first-order valence-corrected chi connectivity index (χ1v) is 17.9. The molecule has 0 unspecified atom stereocenters. The van der Waals surface area contributed by atoms with Crippen molar-refractivity contribution in [3.8, 4) is 34.3 Å². The Morgan fingerprint density at radius 3 is 1.32 bits per heavy atom. The second kappa shape index (κ2) is 11.3. The normalized spacial score (nSPS) is 11.8. The van der Waals surface area contributed by atoms with Gasteiger partial charge < -0.3 is 13.7 Å². The van der Waals surface area contributed by atoms with Gasteiger partial charge in [-0.15, -0.1) is 0 Å². The van der Waals surface area contributed by atoms with Crippen LogP contribution in [0.25, 0.3) is 93.6 Å². The van der Waals surface area contributed by atoms with Gasteiger partial charge in [-0.2, -0.15) is 5.26 Å². The SMILES string of the molecule is N#Cc1ccc2c(c1)c1cc3c4ccccc4n(-c4cccc(-c5cccc(-n6c7ccccc7c7ccccc76)c5)c4)c3cc1n2-c1ccccc1. The molecule has 4 heteroatoms. The predicted octanol–water partition coefficient (Wildman–Crippen LogP) is 12.5. The van der Waals surface area contributed by atoms with E-state index in [0.717, 1.165) is 61.0 Å². The number of para-hydroxylation sites is 4. The summed E-state index contributed by atoms with van der Waals surface area (Å²) in [5.74, 6) is 0. The van der Waals surface area contributed by atoms with Gasteiger partial charge >= 0.3 is 0 Å². The summed E-state index contributed by atoms with van der Waals surface area (Å²) in [5, 5.41) is 16.9. The molecule has 0 bridgehead atoms. The van der Waals surface area contributed by atoms with Crippen molar-refractivity contribution >= 4 is 65.4 Å². The molecular weight excluding hydrogens is 645 g/mol. The molecule has 0 aliphatic carbocycles. The van der Waals surface area contributed by atoms with Gasteiger partial charge in [0.2, 0.25) is 0 Å². The van der Waals surface area contributed by atoms with E-state index in [-0.39, 0.29) is 0 Å². The van der Waals surface area contributed by atoms with E-state index in [1.165, 1.54) is 32.6 Å². The average molecular weight is 675 g/mol. The highest BCUT2D eigenvalue weighted by molar-refractivity contribution is 6.19. The molecule has 53 heavy (non-hydrogen) atoms. The number of aromatic nitrogens is 3. The number of nitrogens with zero attached hydrogens (tertiary/aromatic N) is 4. The zero-order chi connectivity index (χ0) is 35.0. The van der Waals surface area contributed by atoms with Gasteiger partial charge in [0.05, 0.1) is 44.7 Å². The molecule has 3 aromatic heterocycles. The highest BCUT2D eigenvalue weighted by Crippen LogP contribution is 2.40. The molecule has 0 aliphatic rings. The van der Waals surface area contributed by atoms with Crippen LogP contribution in [0.1, 0.15) is 5.56 Å². The zero-order valence-corrected chi connectivity index (χ0v) is 28.6. The average Bonchev–Trinajstić information content (AvgIpc) is 3.85. The molecule has 0 radical (unpaired) electrons. The van der Waals surface area contributed by atoms with Gasteiger partial charge in [0, 0.05) is 49.4 Å². The zero-order valence-electron chi connectivity index (χ0n) is 28.6.